The van der Waals surface area contributed by atoms with Crippen molar-refractivity contribution < 1.29 is 8.78 Å². The number of halogens is 2. The van der Waals surface area contributed by atoms with Crippen molar-refractivity contribution in [1.82, 2.24) is 0 Å². The first-order valence-corrected chi connectivity index (χ1v) is 6.64. The molecular weight excluding hydrogens is 218 g/mol. The third-order valence-electron chi connectivity index (χ3n) is 3.31. The Hall–Kier alpha value is -0.920. The van der Waals surface area contributed by atoms with Gasteiger partial charge in [0.2, 0.25) is 0 Å². The zero-order valence-corrected chi connectivity index (χ0v) is 10.8. The molecule has 1 aromatic carbocycles. The maximum absolute atomic E-state index is 13.1. The molecule has 96 valence electrons. The van der Waals surface area contributed by atoms with Gasteiger partial charge in [0, 0.05) is 0 Å². The maximum Gasteiger partial charge on any atom is 0.159 e. The topological polar surface area (TPSA) is 0 Å². The van der Waals surface area contributed by atoms with Crippen LogP contribution >= 0.6 is 0 Å². The van der Waals surface area contributed by atoms with E-state index in [1.807, 2.05) is 0 Å². The molecule has 0 nitrogen and oxygen atoms in total. The van der Waals surface area contributed by atoms with E-state index in [-0.39, 0.29) is 0 Å². The van der Waals surface area contributed by atoms with Crippen molar-refractivity contribution in [3.05, 3.63) is 35.4 Å². The minimum Gasteiger partial charge on any atom is -0.204 e. The lowest BCUT2D eigenvalue weighted by Crippen LogP contribution is -1.99. The molecule has 0 saturated carbocycles. The van der Waals surface area contributed by atoms with Crippen LogP contribution in [-0.2, 0) is 0 Å². The first-order chi connectivity index (χ1) is 8.19. The van der Waals surface area contributed by atoms with Gasteiger partial charge in [-0.1, -0.05) is 45.6 Å². The summed E-state index contributed by atoms with van der Waals surface area (Å²) in [6, 6.07) is 4.30. The predicted molar refractivity (Wildman–Crippen MR) is 68.1 cm³/mol. The van der Waals surface area contributed by atoms with Crippen LogP contribution in [0.25, 0.3) is 0 Å². The van der Waals surface area contributed by atoms with Gasteiger partial charge < -0.3 is 0 Å². The van der Waals surface area contributed by atoms with E-state index in [1.54, 1.807) is 6.07 Å². The van der Waals surface area contributed by atoms with Gasteiger partial charge in [-0.05, 0) is 36.5 Å². The highest BCUT2D eigenvalue weighted by Crippen LogP contribution is 2.27. The van der Waals surface area contributed by atoms with Crippen LogP contribution in [0.5, 0.6) is 0 Å². The number of rotatable bonds is 7. The average Bonchev–Trinajstić information content (AvgIpc) is 2.33. The van der Waals surface area contributed by atoms with Gasteiger partial charge in [0.1, 0.15) is 0 Å². The van der Waals surface area contributed by atoms with Crippen LogP contribution < -0.4 is 0 Å². The van der Waals surface area contributed by atoms with E-state index in [4.69, 9.17) is 0 Å². The molecule has 2 heteroatoms. The van der Waals surface area contributed by atoms with Crippen molar-refractivity contribution >= 4 is 0 Å². The Kier molecular flexibility index (Phi) is 6.17. The second-order valence-electron chi connectivity index (χ2n) is 4.63. The lowest BCUT2D eigenvalue weighted by atomic mass is 9.91. The van der Waals surface area contributed by atoms with Gasteiger partial charge in [-0.25, -0.2) is 8.78 Å². The van der Waals surface area contributed by atoms with Crippen LogP contribution in [0.3, 0.4) is 0 Å². The van der Waals surface area contributed by atoms with Crippen molar-refractivity contribution in [3.8, 4) is 0 Å². The smallest absolute Gasteiger partial charge is 0.159 e. The Bertz CT molecular complexity index is 334. The quantitative estimate of drug-likeness (QED) is 0.557. The molecule has 1 atom stereocenters. The third-order valence-corrected chi connectivity index (χ3v) is 3.31. The molecule has 0 radical (unpaired) electrons. The Morgan fingerprint density at radius 2 is 1.76 bits per heavy atom. The highest BCUT2D eigenvalue weighted by molar-refractivity contribution is 5.21. The van der Waals surface area contributed by atoms with Crippen molar-refractivity contribution in [2.24, 2.45) is 0 Å². The fourth-order valence-electron chi connectivity index (χ4n) is 2.19. The molecule has 0 saturated heterocycles. The van der Waals surface area contributed by atoms with Crippen LogP contribution in [0.4, 0.5) is 8.78 Å². The second kappa shape index (κ2) is 7.41. The normalized spacial score (nSPS) is 12.7. The van der Waals surface area contributed by atoms with Gasteiger partial charge in [0.05, 0.1) is 0 Å². The van der Waals surface area contributed by atoms with Crippen molar-refractivity contribution in [3.63, 3.8) is 0 Å². The van der Waals surface area contributed by atoms with E-state index in [1.165, 1.54) is 37.8 Å². The largest absolute Gasteiger partial charge is 0.204 e. The first-order valence-electron chi connectivity index (χ1n) is 6.64. The van der Waals surface area contributed by atoms with Gasteiger partial charge in [-0.3, -0.25) is 0 Å². The summed E-state index contributed by atoms with van der Waals surface area (Å²) >= 11 is 0. The summed E-state index contributed by atoms with van der Waals surface area (Å²) < 4.78 is 26.0. The summed E-state index contributed by atoms with van der Waals surface area (Å²) in [7, 11) is 0. The van der Waals surface area contributed by atoms with E-state index in [2.05, 4.69) is 13.8 Å². The molecule has 1 aromatic rings. The fraction of sp³-hybridized carbons (Fsp3) is 0.600. The molecule has 0 fully saturated rings. The molecule has 0 amide bonds. The third kappa shape index (κ3) is 4.45. The zero-order chi connectivity index (χ0) is 12.7. The summed E-state index contributed by atoms with van der Waals surface area (Å²) in [4.78, 5) is 0. The minimum absolute atomic E-state index is 0.363. The summed E-state index contributed by atoms with van der Waals surface area (Å²) in [5, 5.41) is 0. The van der Waals surface area contributed by atoms with E-state index < -0.39 is 11.6 Å². The molecule has 0 N–H and O–H groups in total. The first kappa shape index (κ1) is 14.1. The predicted octanol–water partition coefficient (Wildman–Crippen LogP) is 5.43. The number of hydrogen-bond acceptors (Lipinski definition) is 0. The lowest BCUT2D eigenvalue weighted by Gasteiger charge is -2.15. The molecule has 0 aliphatic rings. The minimum atomic E-state index is -0.755. The van der Waals surface area contributed by atoms with Crippen LogP contribution in [0.15, 0.2) is 18.2 Å². The van der Waals surface area contributed by atoms with Crippen molar-refractivity contribution in [2.45, 2.75) is 58.3 Å². The van der Waals surface area contributed by atoms with Gasteiger partial charge >= 0.3 is 0 Å². The summed E-state index contributed by atoms with van der Waals surface area (Å²) in [6.45, 7) is 4.29. The zero-order valence-electron chi connectivity index (χ0n) is 10.8. The lowest BCUT2D eigenvalue weighted by molar-refractivity contribution is 0.498. The highest BCUT2D eigenvalue weighted by Gasteiger charge is 2.11. The molecule has 17 heavy (non-hydrogen) atoms. The van der Waals surface area contributed by atoms with Gasteiger partial charge in [-0.2, -0.15) is 0 Å². The second-order valence-corrected chi connectivity index (χ2v) is 4.63. The number of unbranched alkanes of at least 4 members (excludes halogenated alkanes) is 3. The molecule has 0 aliphatic carbocycles. The molecule has 0 aromatic heterocycles. The van der Waals surface area contributed by atoms with Crippen molar-refractivity contribution in [1.29, 1.82) is 0 Å². The SMILES string of the molecule is CCCCCCC(CC)c1ccc(F)c(F)c1. The van der Waals surface area contributed by atoms with E-state index in [9.17, 15) is 8.78 Å². The number of hydrogen-bond donors (Lipinski definition) is 0. The Balaban J connectivity index is 2.56. The van der Waals surface area contributed by atoms with Crippen molar-refractivity contribution in [2.75, 3.05) is 0 Å². The summed E-state index contributed by atoms with van der Waals surface area (Å²) in [5.74, 6) is -1.12. The van der Waals surface area contributed by atoms with Gasteiger partial charge in [0.15, 0.2) is 11.6 Å². The fourth-order valence-corrected chi connectivity index (χ4v) is 2.19. The molecular formula is C15H22F2. The van der Waals surface area contributed by atoms with E-state index in [0.29, 0.717) is 5.92 Å². The molecule has 0 heterocycles. The van der Waals surface area contributed by atoms with Crippen LogP contribution in [0.2, 0.25) is 0 Å². The van der Waals surface area contributed by atoms with E-state index >= 15 is 0 Å². The monoisotopic (exact) mass is 240 g/mol. The Labute approximate surface area is 103 Å². The molecule has 1 unspecified atom stereocenters. The average molecular weight is 240 g/mol. The molecule has 1 rings (SSSR count). The van der Waals surface area contributed by atoms with Gasteiger partial charge in [0.25, 0.3) is 0 Å². The molecule has 0 bridgehead atoms. The summed E-state index contributed by atoms with van der Waals surface area (Å²) in [6.07, 6.45) is 6.94. The standard InChI is InChI=1S/C15H22F2/c1-3-5-6-7-8-12(4-2)13-9-10-14(16)15(17)11-13/h9-12H,3-8H2,1-2H3. The molecule has 0 spiro atoms. The number of benzene rings is 1. The van der Waals surface area contributed by atoms with E-state index in [0.717, 1.165) is 18.4 Å². The van der Waals surface area contributed by atoms with Gasteiger partial charge in [-0.15, -0.1) is 0 Å². The van der Waals surface area contributed by atoms with Crippen LogP contribution in [0, 0.1) is 11.6 Å². The Morgan fingerprint density at radius 1 is 1.00 bits per heavy atom. The Morgan fingerprint density at radius 3 is 2.35 bits per heavy atom. The highest BCUT2D eigenvalue weighted by atomic mass is 19.2. The maximum atomic E-state index is 13.1. The molecule has 0 aliphatic heterocycles. The van der Waals surface area contributed by atoms with Crippen LogP contribution in [-0.4, -0.2) is 0 Å². The van der Waals surface area contributed by atoms with Crippen LogP contribution in [0.1, 0.15) is 63.9 Å². The summed E-state index contributed by atoms with van der Waals surface area (Å²) in [5.41, 5.74) is 0.933.